The average Bonchev–Trinajstić information content (AvgIpc) is 2.74. The molecule has 0 aliphatic carbocycles. The smallest absolute Gasteiger partial charge is 0.276 e. The Hall–Kier alpha value is -3.32. The van der Waals surface area contributed by atoms with E-state index >= 15 is 0 Å². The quantitative estimate of drug-likeness (QED) is 0.475. The van der Waals surface area contributed by atoms with Crippen molar-refractivity contribution < 1.29 is 17.9 Å². The van der Waals surface area contributed by atoms with Crippen LogP contribution in [0, 0.1) is 6.92 Å². The summed E-state index contributed by atoms with van der Waals surface area (Å²) in [7, 11) is -0.712. The van der Waals surface area contributed by atoms with Crippen molar-refractivity contribution in [2.45, 2.75) is 11.8 Å². The topological polar surface area (TPSA) is 77.0 Å². The molecule has 0 aliphatic heterocycles. The van der Waals surface area contributed by atoms with Crippen molar-refractivity contribution in [1.82, 2.24) is 4.83 Å². The molecule has 3 aromatic rings. The number of hydrogen-bond acceptors (Lipinski definition) is 5. The van der Waals surface area contributed by atoms with Crippen LogP contribution in [0.3, 0.4) is 0 Å². The van der Waals surface area contributed by atoms with Gasteiger partial charge in [0, 0.05) is 11.1 Å². The first kappa shape index (κ1) is 20.4. The van der Waals surface area contributed by atoms with Crippen LogP contribution in [0.25, 0.3) is 0 Å². The fraction of sp³-hybridized carbons (Fsp3) is 0.136. The molecule has 3 rings (SSSR count). The van der Waals surface area contributed by atoms with Gasteiger partial charge in [0.25, 0.3) is 10.0 Å². The number of sulfonamides is 1. The van der Waals surface area contributed by atoms with Gasteiger partial charge in [-0.3, -0.25) is 0 Å². The lowest BCUT2D eigenvalue weighted by Gasteiger charge is -2.12. The van der Waals surface area contributed by atoms with Gasteiger partial charge >= 0.3 is 0 Å². The Morgan fingerprint density at radius 3 is 2.10 bits per heavy atom. The molecule has 1 N–H and O–H groups in total. The molecule has 0 radical (unpaired) electrons. The Balaban J connectivity index is 2.04. The molecule has 0 heterocycles. The summed E-state index contributed by atoms with van der Waals surface area (Å²) >= 11 is 0. The predicted octanol–water partition coefficient (Wildman–Crippen LogP) is 3.74. The minimum Gasteiger partial charge on any atom is -0.493 e. The molecule has 3 aromatic carbocycles. The number of rotatable bonds is 7. The number of nitrogens with zero attached hydrogens (tertiary/aromatic N) is 1. The lowest BCUT2D eigenvalue weighted by atomic mass is 10.0. The summed E-state index contributed by atoms with van der Waals surface area (Å²) in [6.45, 7) is 1.90. The van der Waals surface area contributed by atoms with E-state index in [0.29, 0.717) is 22.8 Å². The van der Waals surface area contributed by atoms with Crippen molar-refractivity contribution in [2.24, 2.45) is 5.10 Å². The van der Waals surface area contributed by atoms with Crippen molar-refractivity contribution >= 4 is 15.7 Å². The van der Waals surface area contributed by atoms with Gasteiger partial charge in [-0.1, -0.05) is 48.0 Å². The van der Waals surface area contributed by atoms with Crippen LogP contribution in [0.2, 0.25) is 0 Å². The molecule has 0 unspecified atom stereocenters. The van der Waals surface area contributed by atoms with Crippen LogP contribution in [0.4, 0.5) is 0 Å². The van der Waals surface area contributed by atoms with Gasteiger partial charge in [-0.25, -0.2) is 0 Å². The molecule has 0 spiro atoms. The summed E-state index contributed by atoms with van der Waals surface area (Å²) in [6, 6.07) is 21.2. The van der Waals surface area contributed by atoms with E-state index in [9.17, 15) is 8.42 Å². The highest BCUT2D eigenvalue weighted by molar-refractivity contribution is 7.89. The first-order valence-corrected chi connectivity index (χ1v) is 10.4. The molecule has 29 heavy (non-hydrogen) atoms. The minimum absolute atomic E-state index is 0.145. The van der Waals surface area contributed by atoms with Crippen LogP contribution < -0.4 is 14.3 Å². The van der Waals surface area contributed by atoms with E-state index in [1.807, 2.05) is 37.3 Å². The number of aryl methyl sites for hydroxylation is 1. The van der Waals surface area contributed by atoms with Crippen LogP contribution in [0.5, 0.6) is 11.5 Å². The zero-order valence-electron chi connectivity index (χ0n) is 16.4. The Kier molecular flexibility index (Phi) is 6.19. The summed E-state index contributed by atoms with van der Waals surface area (Å²) in [4.78, 5) is 2.49. The van der Waals surface area contributed by atoms with Gasteiger partial charge in [0.05, 0.1) is 24.8 Å². The standard InChI is InChI=1S/C22H22N2O4S/c1-16-9-12-19(13-10-16)29(25,26)24-23-22(17-7-5-4-6-8-17)18-11-14-20(27-2)21(15-18)28-3/h4-15,24H,1-3H3. The van der Waals surface area contributed by atoms with Crippen LogP contribution in [0.15, 0.2) is 82.8 Å². The number of ether oxygens (including phenoxy) is 2. The largest absolute Gasteiger partial charge is 0.493 e. The minimum atomic E-state index is -3.81. The van der Waals surface area contributed by atoms with Crippen molar-refractivity contribution in [2.75, 3.05) is 14.2 Å². The van der Waals surface area contributed by atoms with E-state index in [4.69, 9.17) is 9.47 Å². The Morgan fingerprint density at radius 1 is 0.828 bits per heavy atom. The average molecular weight is 410 g/mol. The van der Waals surface area contributed by atoms with Crippen molar-refractivity contribution in [3.05, 3.63) is 89.5 Å². The van der Waals surface area contributed by atoms with Crippen LogP contribution in [-0.4, -0.2) is 28.3 Å². The summed E-state index contributed by atoms with van der Waals surface area (Å²) in [5.41, 5.74) is 2.87. The molecule has 0 atom stereocenters. The number of hydrogen-bond donors (Lipinski definition) is 1. The third-order valence-electron chi connectivity index (χ3n) is 4.31. The number of nitrogens with one attached hydrogen (secondary N) is 1. The van der Waals surface area contributed by atoms with Crippen LogP contribution >= 0.6 is 0 Å². The highest BCUT2D eigenvalue weighted by atomic mass is 32.2. The van der Waals surface area contributed by atoms with E-state index < -0.39 is 10.0 Å². The highest BCUT2D eigenvalue weighted by Gasteiger charge is 2.16. The number of methoxy groups -OCH3 is 2. The Morgan fingerprint density at radius 2 is 1.48 bits per heavy atom. The van der Waals surface area contributed by atoms with Gasteiger partial charge in [-0.2, -0.15) is 18.4 Å². The second kappa shape index (κ2) is 8.79. The summed E-state index contributed by atoms with van der Waals surface area (Å²) in [6.07, 6.45) is 0. The molecule has 6 nitrogen and oxygen atoms in total. The fourth-order valence-corrected chi connectivity index (χ4v) is 3.56. The van der Waals surface area contributed by atoms with Gasteiger partial charge in [-0.05, 0) is 37.3 Å². The van der Waals surface area contributed by atoms with Gasteiger partial charge in [0.2, 0.25) is 0 Å². The number of benzene rings is 3. The van der Waals surface area contributed by atoms with Crippen LogP contribution in [-0.2, 0) is 10.0 Å². The zero-order valence-corrected chi connectivity index (χ0v) is 17.2. The zero-order chi connectivity index (χ0) is 20.9. The third-order valence-corrected chi connectivity index (χ3v) is 5.54. The SMILES string of the molecule is COc1ccc(C(=NNS(=O)(=O)c2ccc(C)cc2)c2ccccc2)cc1OC. The van der Waals surface area contributed by atoms with Crippen molar-refractivity contribution in [1.29, 1.82) is 0 Å². The molecule has 0 aliphatic rings. The molecular formula is C22H22N2O4S. The molecule has 0 saturated heterocycles. The summed E-state index contributed by atoms with van der Waals surface area (Å²) < 4.78 is 36.0. The molecule has 0 bridgehead atoms. The molecule has 7 heteroatoms. The maximum absolute atomic E-state index is 12.7. The van der Waals surface area contributed by atoms with Gasteiger partial charge in [-0.15, -0.1) is 0 Å². The first-order chi connectivity index (χ1) is 13.9. The second-order valence-electron chi connectivity index (χ2n) is 6.30. The summed E-state index contributed by atoms with van der Waals surface area (Å²) in [5.74, 6) is 1.10. The van der Waals surface area contributed by atoms with Crippen molar-refractivity contribution in [3.63, 3.8) is 0 Å². The molecule has 150 valence electrons. The molecule has 0 aromatic heterocycles. The van der Waals surface area contributed by atoms with E-state index in [-0.39, 0.29) is 4.90 Å². The highest BCUT2D eigenvalue weighted by Crippen LogP contribution is 2.28. The van der Waals surface area contributed by atoms with Gasteiger partial charge < -0.3 is 9.47 Å². The number of hydrazone groups is 1. The normalized spacial score (nSPS) is 11.8. The lowest BCUT2D eigenvalue weighted by molar-refractivity contribution is 0.355. The molecular weight excluding hydrogens is 388 g/mol. The first-order valence-electron chi connectivity index (χ1n) is 8.88. The second-order valence-corrected chi connectivity index (χ2v) is 7.96. The van der Waals surface area contributed by atoms with Crippen molar-refractivity contribution in [3.8, 4) is 11.5 Å². The Bertz CT molecular complexity index is 1110. The summed E-state index contributed by atoms with van der Waals surface area (Å²) in [5, 5.41) is 4.25. The van der Waals surface area contributed by atoms with Gasteiger partial charge in [0.1, 0.15) is 0 Å². The lowest BCUT2D eigenvalue weighted by Crippen LogP contribution is -2.21. The van der Waals surface area contributed by atoms with Gasteiger partial charge in [0.15, 0.2) is 11.5 Å². The van der Waals surface area contributed by atoms with Crippen LogP contribution in [0.1, 0.15) is 16.7 Å². The Labute approximate surface area is 170 Å². The molecule has 0 fully saturated rings. The maximum atomic E-state index is 12.7. The molecule has 0 saturated carbocycles. The predicted molar refractivity (Wildman–Crippen MR) is 113 cm³/mol. The van der Waals surface area contributed by atoms with E-state index in [0.717, 1.165) is 11.1 Å². The monoisotopic (exact) mass is 410 g/mol. The van der Waals surface area contributed by atoms with E-state index in [1.54, 1.807) is 56.7 Å². The fourth-order valence-electron chi connectivity index (χ4n) is 2.75. The van der Waals surface area contributed by atoms with E-state index in [1.165, 1.54) is 0 Å². The third kappa shape index (κ3) is 4.75. The molecule has 0 amide bonds. The maximum Gasteiger partial charge on any atom is 0.276 e. The van der Waals surface area contributed by atoms with E-state index in [2.05, 4.69) is 9.93 Å².